The molecule has 3 saturated heterocycles. The smallest absolute Gasteiger partial charge is 0.228 e. The van der Waals surface area contributed by atoms with Gasteiger partial charge in [-0.25, -0.2) is 0 Å². The van der Waals surface area contributed by atoms with Crippen LogP contribution in [0.25, 0.3) is 0 Å². The van der Waals surface area contributed by atoms with Gasteiger partial charge in [-0.05, 0) is 45.4 Å². The molecule has 3 aliphatic rings. The number of ether oxygens (including phenoxy) is 1. The lowest BCUT2D eigenvalue weighted by Crippen LogP contribution is -2.40. The summed E-state index contributed by atoms with van der Waals surface area (Å²) in [5.74, 6) is 0.753. The molecular formula is C17H28N2O3. The Hall–Kier alpha value is -1.10. The lowest BCUT2D eigenvalue weighted by Gasteiger charge is -2.29. The first-order chi connectivity index (χ1) is 10.7. The Kier molecular flexibility index (Phi) is 4.71. The first kappa shape index (κ1) is 15.8. The molecule has 1 spiro atoms. The minimum Gasteiger partial charge on any atom is -0.381 e. The van der Waals surface area contributed by atoms with Crippen LogP contribution < -0.4 is 0 Å². The quantitative estimate of drug-likeness (QED) is 0.779. The Morgan fingerprint density at radius 2 is 1.91 bits per heavy atom. The van der Waals surface area contributed by atoms with Crippen molar-refractivity contribution in [2.24, 2.45) is 11.3 Å². The monoisotopic (exact) mass is 308 g/mol. The molecule has 0 aromatic heterocycles. The van der Waals surface area contributed by atoms with Crippen molar-refractivity contribution < 1.29 is 14.3 Å². The fourth-order valence-corrected chi connectivity index (χ4v) is 4.28. The van der Waals surface area contributed by atoms with Crippen molar-refractivity contribution >= 4 is 11.8 Å². The zero-order chi connectivity index (χ0) is 15.6. The number of nitrogens with zero attached hydrogens (tertiary/aromatic N) is 2. The lowest BCUT2D eigenvalue weighted by molar-refractivity contribution is -0.140. The Bertz CT molecular complexity index is 434. The highest BCUT2D eigenvalue weighted by molar-refractivity contribution is 5.85. The second-order valence-corrected chi connectivity index (χ2v) is 6.98. The van der Waals surface area contributed by atoms with Crippen LogP contribution in [0, 0.1) is 11.3 Å². The van der Waals surface area contributed by atoms with Crippen LogP contribution in [0.3, 0.4) is 0 Å². The molecule has 0 unspecified atom stereocenters. The van der Waals surface area contributed by atoms with E-state index >= 15 is 0 Å². The van der Waals surface area contributed by atoms with E-state index in [1.165, 1.54) is 0 Å². The van der Waals surface area contributed by atoms with E-state index in [-0.39, 0.29) is 17.2 Å². The minimum atomic E-state index is -0.180. The molecule has 3 heterocycles. The molecule has 0 bridgehead atoms. The van der Waals surface area contributed by atoms with E-state index in [1.54, 1.807) is 0 Å². The molecule has 22 heavy (non-hydrogen) atoms. The van der Waals surface area contributed by atoms with Crippen LogP contribution in [-0.4, -0.2) is 61.0 Å². The maximum absolute atomic E-state index is 12.7. The number of likely N-dealkylation sites (tertiary alicyclic amines) is 2. The molecule has 5 heteroatoms. The normalized spacial score (nSPS) is 30.9. The number of carbonyl (C=O) groups excluding carboxylic acids is 2. The third-order valence-corrected chi connectivity index (χ3v) is 5.81. The van der Waals surface area contributed by atoms with Crippen molar-refractivity contribution in [1.82, 2.24) is 9.80 Å². The Labute approximate surface area is 133 Å². The summed E-state index contributed by atoms with van der Waals surface area (Å²) in [7, 11) is 0. The maximum Gasteiger partial charge on any atom is 0.228 e. The SMILES string of the molecule is CCN1CC[C@@]2(CCCN(C(=O)C3CCOCC3)CC2)C1=O. The van der Waals surface area contributed by atoms with Crippen LogP contribution in [0.2, 0.25) is 0 Å². The van der Waals surface area contributed by atoms with E-state index in [2.05, 4.69) is 6.92 Å². The van der Waals surface area contributed by atoms with Gasteiger partial charge in [0.1, 0.15) is 0 Å². The van der Waals surface area contributed by atoms with Crippen LogP contribution in [0.5, 0.6) is 0 Å². The number of hydrogen-bond acceptors (Lipinski definition) is 3. The van der Waals surface area contributed by atoms with Gasteiger partial charge in [-0.15, -0.1) is 0 Å². The molecule has 0 saturated carbocycles. The first-order valence-corrected chi connectivity index (χ1v) is 8.82. The zero-order valence-electron chi connectivity index (χ0n) is 13.7. The topological polar surface area (TPSA) is 49.9 Å². The molecule has 1 atom stereocenters. The molecule has 0 aromatic rings. The highest BCUT2D eigenvalue weighted by Crippen LogP contribution is 2.41. The fourth-order valence-electron chi connectivity index (χ4n) is 4.28. The first-order valence-electron chi connectivity index (χ1n) is 8.82. The summed E-state index contributed by atoms with van der Waals surface area (Å²) in [4.78, 5) is 29.3. The van der Waals surface area contributed by atoms with Crippen LogP contribution >= 0.6 is 0 Å². The highest BCUT2D eigenvalue weighted by Gasteiger charge is 2.46. The minimum absolute atomic E-state index is 0.134. The van der Waals surface area contributed by atoms with E-state index in [0.29, 0.717) is 19.1 Å². The van der Waals surface area contributed by atoms with Crippen LogP contribution in [0.1, 0.15) is 45.4 Å². The van der Waals surface area contributed by atoms with Gasteiger partial charge in [0.2, 0.25) is 11.8 Å². The van der Waals surface area contributed by atoms with Crippen LogP contribution in [0.4, 0.5) is 0 Å². The number of carbonyl (C=O) groups is 2. The molecule has 0 radical (unpaired) electrons. The van der Waals surface area contributed by atoms with Gasteiger partial charge in [0.05, 0.1) is 5.41 Å². The summed E-state index contributed by atoms with van der Waals surface area (Å²) in [6, 6.07) is 0. The third-order valence-electron chi connectivity index (χ3n) is 5.81. The van der Waals surface area contributed by atoms with Gasteiger partial charge in [0, 0.05) is 45.3 Å². The number of amides is 2. The number of hydrogen-bond donors (Lipinski definition) is 0. The molecule has 5 nitrogen and oxygen atoms in total. The van der Waals surface area contributed by atoms with Crippen molar-refractivity contribution in [3.63, 3.8) is 0 Å². The van der Waals surface area contributed by atoms with E-state index in [1.807, 2.05) is 9.80 Å². The summed E-state index contributed by atoms with van der Waals surface area (Å²) in [5.41, 5.74) is -0.180. The molecule has 2 amide bonds. The summed E-state index contributed by atoms with van der Waals surface area (Å²) in [5, 5.41) is 0. The fraction of sp³-hybridized carbons (Fsp3) is 0.882. The maximum atomic E-state index is 12.7. The summed E-state index contributed by atoms with van der Waals surface area (Å²) >= 11 is 0. The summed E-state index contributed by atoms with van der Waals surface area (Å²) < 4.78 is 5.36. The Balaban J connectivity index is 1.62. The molecule has 3 rings (SSSR count). The van der Waals surface area contributed by atoms with Gasteiger partial charge < -0.3 is 14.5 Å². The second kappa shape index (κ2) is 6.57. The Morgan fingerprint density at radius 1 is 1.18 bits per heavy atom. The number of rotatable bonds is 2. The van der Waals surface area contributed by atoms with E-state index in [0.717, 1.165) is 64.7 Å². The van der Waals surface area contributed by atoms with E-state index in [9.17, 15) is 9.59 Å². The Morgan fingerprint density at radius 3 is 2.59 bits per heavy atom. The summed E-state index contributed by atoms with van der Waals surface area (Å²) in [6.45, 7) is 6.73. The van der Waals surface area contributed by atoms with Gasteiger partial charge in [-0.3, -0.25) is 9.59 Å². The molecule has 3 fully saturated rings. The van der Waals surface area contributed by atoms with Crippen LogP contribution in [-0.2, 0) is 14.3 Å². The van der Waals surface area contributed by atoms with Crippen molar-refractivity contribution in [3.8, 4) is 0 Å². The van der Waals surface area contributed by atoms with Crippen molar-refractivity contribution in [1.29, 1.82) is 0 Å². The lowest BCUT2D eigenvalue weighted by atomic mass is 9.79. The average molecular weight is 308 g/mol. The zero-order valence-corrected chi connectivity index (χ0v) is 13.7. The molecule has 3 aliphatic heterocycles. The van der Waals surface area contributed by atoms with Crippen molar-refractivity contribution in [3.05, 3.63) is 0 Å². The third kappa shape index (κ3) is 2.87. The van der Waals surface area contributed by atoms with Gasteiger partial charge in [-0.2, -0.15) is 0 Å². The molecular weight excluding hydrogens is 280 g/mol. The van der Waals surface area contributed by atoms with Crippen molar-refractivity contribution in [2.45, 2.75) is 45.4 Å². The predicted octanol–water partition coefficient (Wildman–Crippen LogP) is 1.66. The molecule has 0 aromatic carbocycles. The van der Waals surface area contributed by atoms with E-state index in [4.69, 9.17) is 4.74 Å². The second-order valence-electron chi connectivity index (χ2n) is 6.98. The van der Waals surface area contributed by atoms with Gasteiger partial charge >= 0.3 is 0 Å². The van der Waals surface area contributed by atoms with Crippen molar-refractivity contribution in [2.75, 3.05) is 39.4 Å². The van der Waals surface area contributed by atoms with Gasteiger partial charge in [-0.1, -0.05) is 0 Å². The molecule has 0 aliphatic carbocycles. The van der Waals surface area contributed by atoms with E-state index < -0.39 is 0 Å². The standard InChI is InChI=1S/C17H28N2O3/c1-2-18-10-7-17(16(18)21)6-3-9-19(11-8-17)15(20)14-4-12-22-13-5-14/h14H,2-13H2,1H3/t17-/m1/s1. The summed E-state index contributed by atoms with van der Waals surface area (Å²) in [6.07, 6.45) is 5.42. The largest absolute Gasteiger partial charge is 0.381 e. The highest BCUT2D eigenvalue weighted by atomic mass is 16.5. The molecule has 124 valence electrons. The van der Waals surface area contributed by atoms with Gasteiger partial charge in [0.15, 0.2) is 0 Å². The predicted molar refractivity (Wildman–Crippen MR) is 83.3 cm³/mol. The average Bonchev–Trinajstić information content (AvgIpc) is 2.74. The molecule has 0 N–H and O–H groups in total. The van der Waals surface area contributed by atoms with Crippen LogP contribution in [0.15, 0.2) is 0 Å². The van der Waals surface area contributed by atoms with Gasteiger partial charge in [0.25, 0.3) is 0 Å².